The average molecular weight is 209 g/mol. The Morgan fingerprint density at radius 2 is 2.13 bits per heavy atom. The zero-order chi connectivity index (χ0) is 11.3. The summed E-state index contributed by atoms with van der Waals surface area (Å²) in [6.45, 7) is 1.97. The molecular formula is C10H11NO4. The van der Waals surface area contributed by atoms with Gasteiger partial charge < -0.3 is 4.74 Å². The summed E-state index contributed by atoms with van der Waals surface area (Å²) in [5.41, 5.74) is 0.325. The second kappa shape index (κ2) is 5.09. The molecule has 0 atom stereocenters. The summed E-state index contributed by atoms with van der Waals surface area (Å²) in [6.07, 6.45) is -0.0645. The topological polar surface area (TPSA) is 69.4 Å². The predicted octanol–water partition coefficient (Wildman–Crippen LogP) is 1.70. The molecule has 0 aliphatic heterocycles. The molecule has 0 aromatic heterocycles. The molecule has 5 nitrogen and oxygen atoms in total. The van der Waals surface area contributed by atoms with E-state index < -0.39 is 10.9 Å². The Morgan fingerprint density at radius 1 is 1.47 bits per heavy atom. The number of hydrogen-bond acceptors (Lipinski definition) is 4. The number of carbonyl (C=O) groups excluding carboxylic acids is 1. The minimum atomic E-state index is -0.505. The van der Waals surface area contributed by atoms with Crippen molar-refractivity contribution in [2.45, 2.75) is 13.3 Å². The maximum Gasteiger partial charge on any atom is 0.310 e. The van der Waals surface area contributed by atoms with Gasteiger partial charge in [-0.1, -0.05) is 18.2 Å². The van der Waals surface area contributed by atoms with Crippen LogP contribution in [0, 0.1) is 10.1 Å². The maximum absolute atomic E-state index is 11.1. The normalized spacial score (nSPS) is 9.67. The molecule has 5 heteroatoms. The van der Waals surface area contributed by atoms with Gasteiger partial charge in [-0.25, -0.2) is 0 Å². The summed E-state index contributed by atoms with van der Waals surface area (Å²) in [6, 6.07) is 6.14. The number of nitro benzene ring substituents is 1. The van der Waals surface area contributed by atoms with Crippen molar-refractivity contribution in [2.24, 2.45) is 0 Å². The van der Waals surface area contributed by atoms with Gasteiger partial charge in [-0.15, -0.1) is 0 Å². The summed E-state index contributed by atoms with van der Waals surface area (Å²) in [5.74, 6) is -0.452. The Labute approximate surface area is 86.8 Å². The van der Waals surface area contributed by atoms with Gasteiger partial charge in [0.05, 0.1) is 18.0 Å². The smallest absolute Gasteiger partial charge is 0.310 e. The van der Waals surface area contributed by atoms with Crippen LogP contribution in [-0.4, -0.2) is 17.5 Å². The van der Waals surface area contributed by atoms with Crippen LogP contribution in [0.25, 0.3) is 0 Å². The van der Waals surface area contributed by atoms with E-state index in [1.807, 2.05) is 0 Å². The van der Waals surface area contributed by atoms with Crippen molar-refractivity contribution in [3.05, 3.63) is 39.9 Å². The highest BCUT2D eigenvalue weighted by molar-refractivity contribution is 5.74. The van der Waals surface area contributed by atoms with Gasteiger partial charge in [-0.2, -0.15) is 0 Å². The van der Waals surface area contributed by atoms with Crippen LogP contribution in [-0.2, 0) is 16.0 Å². The zero-order valence-electron chi connectivity index (χ0n) is 8.30. The van der Waals surface area contributed by atoms with E-state index in [-0.39, 0.29) is 18.7 Å². The van der Waals surface area contributed by atoms with Gasteiger partial charge in [0.1, 0.15) is 0 Å². The highest BCUT2D eigenvalue weighted by atomic mass is 16.6. The fourth-order valence-corrected chi connectivity index (χ4v) is 1.21. The lowest BCUT2D eigenvalue weighted by Crippen LogP contribution is -2.08. The van der Waals surface area contributed by atoms with E-state index >= 15 is 0 Å². The highest BCUT2D eigenvalue weighted by Crippen LogP contribution is 2.18. The average Bonchev–Trinajstić information content (AvgIpc) is 2.18. The first-order chi connectivity index (χ1) is 7.15. The first kappa shape index (κ1) is 11.2. The molecule has 0 bridgehead atoms. The molecule has 0 aliphatic rings. The fraction of sp³-hybridized carbons (Fsp3) is 0.300. The van der Waals surface area contributed by atoms with E-state index in [9.17, 15) is 14.9 Å². The molecule has 0 N–H and O–H groups in total. The van der Waals surface area contributed by atoms with Crippen molar-refractivity contribution < 1.29 is 14.5 Å². The molecule has 0 saturated heterocycles. The standard InChI is InChI=1S/C10H11NO4/c1-2-15-10(12)7-8-5-3-4-6-9(8)11(13)14/h3-6H,2,7H2,1H3. The molecule has 0 fully saturated rings. The van der Waals surface area contributed by atoms with Crippen molar-refractivity contribution in [3.63, 3.8) is 0 Å². The molecule has 1 aromatic carbocycles. The van der Waals surface area contributed by atoms with Gasteiger partial charge >= 0.3 is 5.97 Å². The van der Waals surface area contributed by atoms with Gasteiger partial charge in [0.15, 0.2) is 0 Å². The molecule has 0 amide bonds. The van der Waals surface area contributed by atoms with E-state index in [4.69, 9.17) is 4.74 Å². The lowest BCUT2D eigenvalue weighted by atomic mass is 10.1. The number of nitrogens with zero attached hydrogens (tertiary/aromatic N) is 1. The molecule has 0 unspecified atom stereocenters. The predicted molar refractivity (Wildman–Crippen MR) is 53.4 cm³/mol. The first-order valence-corrected chi connectivity index (χ1v) is 4.53. The lowest BCUT2D eigenvalue weighted by Gasteiger charge is -2.02. The summed E-state index contributed by atoms with van der Waals surface area (Å²) in [5, 5.41) is 10.6. The lowest BCUT2D eigenvalue weighted by molar-refractivity contribution is -0.385. The Kier molecular flexibility index (Phi) is 3.79. The van der Waals surface area contributed by atoms with E-state index in [0.717, 1.165) is 0 Å². The van der Waals surface area contributed by atoms with Crippen LogP contribution < -0.4 is 0 Å². The Balaban J connectivity index is 2.84. The minimum absolute atomic E-state index is 0.0504. The number of esters is 1. The number of rotatable bonds is 4. The third-order valence-electron chi connectivity index (χ3n) is 1.83. The Hall–Kier alpha value is -1.91. The van der Waals surface area contributed by atoms with Gasteiger partial charge in [0.2, 0.25) is 0 Å². The Bertz CT molecular complexity index is 375. The largest absolute Gasteiger partial charge is 0.466 e. The van der Waals surface area contributed by atoms with Crippen LogP contribution in [0.4, 0.5) is 5.69 Å². The highest BCUT2D eigenvalue weighted by Gasteiger charge is 2.15. The first-order valence-electron chi connectivity index (χ1n) is 4.53. The molecule has 80 valence electrons. The number of ether oxygens (including phenoxy) is 1. The minimum Gasteiger partial charge on any atom is -0.466 e. The van der Waals surface area contributed by atoms with Crippen LogP contribution >= 0.6 is 0 Å². The van der Waals surface area contributed by atoms with Crippen LogP contribution in [0.15, 0.2) is 24.3 Å². The maximum atomic E-state index is 11.1. The van der Waals surface area contributed by atoms with Gasteiger partial charge in [0, 0.05) is 11.6 Å². The van der Waals surface area contributed by atoms with E-state index in [2.05, 4.69) is 0 Å². The van der Waals surface area contributed by atoms with Crippen LogP contribution in [0.2, 0.25) is 0 Å². The number of nitro groups is 1. The van der Waals surface area contributed by atoms with Gasteiger partial charge in [0.25, 0.3) is 5.69 Å². The second-order valence-corrected chi connectivity index (χ2v) is 2.87. The molecule has 1 aromatic rings. The molecule has 0 spiro atoms. The third kappa shape index (κ3) is 3.05. The van der Waals surface area contributed by atoms with Crippen LogP contribution in [0.1, 0.15) is 12.5 Å². The van der Waals surface area contributed by atoms with Crippen molar-refractivity contribution in [1.29, 1.82) is 0 Å². The summed E-state index contributed by atoms with van der Waals surface area (Å²) < 4.78 is 4.72. The van der Waals surface area contributed by atoms with Crippen molar-refractivity contribution in [2.75, 3.05) is 6.61 Å². The number of para-hydroxylation sites is 1. The third-order valence-corrected chi connectivity index (χ3v) is 1.83. The molecule has 15 heavy (non-hydrogen) atoms. The van der Waals surface area contributed by atoms with Crippen molar-refractivity contribution in [3.8, 4) is 0 Å². The molecule has 0 radical (unpaired) electrons. The van der Waals surface area contributed by atoms with Crippen molar-refractivity contribution >= 4 is 11.7 Å². The van der Waals surface area contributed by atoms with Crippen LogP contribution in [0.5, 0.6) is 0 Å². The SMILES string of the molecule is CCOC(=O)Cc1ccccc1[N+](=O)[O-]. The van der Waals surface area contributed by atoms with E-state index in [0.29, 0.717) is 5.56 Å². The second-order valence-electron chi connectivity index (χ2n) is 2.87. The van der Waals surface area contributed by atoms with E-state index in [1.165, 1.54) is 6.07 Å². The van der Waals surface area contributed by atoms with E-state index in [1.54, 1.807) is 25.1 Å². The van der Waals surface area contributed by atoms with Crippen molar-refractivity contribution in [1.82, 2.24) is 0 Å². The van der Waals surface area contributed by atoms with Gasteiger partial charge in [-0.3, -0.25) is 14.9 Å². The summed E-state index contributed by atoms with van der Waals surface area (Å²) in [7, 11) is 0. The fourth-order valence-electron chi connectivity index (χ4n) is 1.21. The molecule has 0 saturated carbocycles. The molecule has 0 heterocycles. The number of benzene rings is 1. The quantitative estimate of drug-likeness (QED) is 0.430. The van der Waals surface area contributed by atoms with Crippen LogP contribution in [0.3, 0.4) is 0 Å². The molecule has 0 aliphatic carbocycles. The monoisotopic (exact) mass is 209 g/mol. The van der Waals surface area contributed by atoms with Gasteiger partial charge in [-0.05, 0) is 6.92 Å². The zero-order valence-corrected chi connectivity index (χ0v) is 8.30. The molecular weight excluding hydrogens is 198 g/mol. The summed E-state index contributed by atoms with van der Waals surface area (Å²) >= 11 is 0. The number of carbonyl (C=O) groups is 1. The molecule has 1 rings (SSSR count). The summed E-state index contributed by atoms with van der Waals surface area (Å²) in [4.78, 5) is 21.3. The Morgan fingerprint density at radius 3 is 2.73 bits per heavy atom. The number of hydrogen-bond donors (Lipinski definition) is 0.